The lowest BCUT2D eigenvalue weighted by molar-refractivity contribution is -0.167. The van der Waals surface area contributed by atoms with Gasteiger partial charge in [0.15, 0.2) is 6.10 Å². The van der Waals surface area contributed by atoms with Crippen LogP contribution in [0.1, 0.15) is 265 Å². The van der Waals surface area contributed by atoms with Crippen molar-refractivity contribution in [3.63, 3.8) is 0 Å². The summed E-state index contributed by atoms with van der Waals surface area (Å²) in [6.45, 7) is 6.35. The Morgan fingerprint density at radius 1 is 0.280 bits per heavy atom. The fourth-order valence-electron chi connectivity index (χ4n) is 8.08. The second-order valence-electron chi connectivity index (χ2n) is 19.8. The van der Waals surface area contributed by atoms with Crippen molar-refractivity contribution in [1.82, 2.24) is 0 Å². The van der Waals surface area contributed by atoms with E-state index in [0.717, 1.165) is 154 Å². The van der Waals surface area contributed by atoms with Crippen LogP contribution >= 0.6 is 0 Å². The van der Waals surface area contributed by atoms with Crippen molar-refractivity contribution in [3.05, 3.63) is 134 Å². The highest BCUT2D eigenvalue weighted by atomic mass is 16.6. The first-order valence-corrected chi connectivity index (χ1v) is 30.7. The Morgan fingerprint density at radius 2 is 0.520 bits per heavy atom. The van der Waals surface area contributed by atoms with Crippen LogP contribution in [0.4, 0.5) is 0 Å². The summed E-state index contributed by atoms with van der Waals surface area (Å²) in [7, 11) is 0. The zero-order chi connectivity index (χ0) is 54.3. The maximum absolute atomic E-state index is 12.9. The number of unbranched alkanes of at least 4 members (excludes halogenated alkanes) is 21. The van der Waals surface area contributed by atoms with Crippen molar-refractivity contribution >= 4 is 17.9 Å². The molecule has 1 unspecified atom stereocenters. The lowest BCUT2D eigenvalue weighted by Gasteiger charge is -2.18. The first-order valence-electron chi connectivity index (χ1n) is 30.7. The van der Waals surface area contributed by atoms with Crippen molar-refractivity contribution < 1.29 is 28.6 Å². The van der Waals surface area contributed by atoms with Crippen molar-refractivity contribution in [2.24, 2.45) is 0 Å². The van der Waals surface area contributed by atoms with Crippen LogP contribution in [0.3, 0.4) is 0 Å². The van der Waals surface area contributed by atoms with Crippen molar-refractivity contribution in [2.45, 2.75) is 271 Å². The lowest BCUT2D eigenvalue weighted by atomic mass is 10.1. The number of hydrogen-bond donors (Lipinski definition) is 0. The smallest absolute Gasteiger partial charge is 0.306 e. The molecule has 75 heavy (non-hydrogen) atoms. The van der Waals surface area contributed by atoms with E-state index < -0.39 is 6.10 Å². The Morgan fingerprint density at radius 3 is 0.813 bits per heavy atom. The SMILES string of the molecule is CC/C=C\C/C=C\C/C=C\C/C=C\C/C=C\CCCCCCCC(=O)OCC(COC(=O)CCCCCC/C=C\C/C=C\C/C=C\C/C=C\CC)OC(=O)CCCCCCCCCCC/C=C\C/C=C\CCCCC. The van der Waals surface area contributed by atoms with Gasteiger partial charge in [0.1, 0.15) is 13.2 Å². The highest BCUT2D eigenvalue weighted by Gasteiger charge is 2.19. The zero-order valence-corrected chi connectivity index (χ0v) is 48.5. The highest BCUT2D eigenvalue weighted by molar-refractivity contribution is 5.71. The molecule has 0 aromatic carbocycles. The predicted molar refractivity (Wildman–Crippen MR) is 325 cm³/mol. The molecule has 0 aliphatic carbocycles. The molecular formula is C69H112O6. The van der Waals surface area contributed by atoms with Crippen LogP contribution in [0.5, 0.6) is 0 Å². The van der Waals surface area contributed by atoms with E-state index in [1.54, 1.807) is 0 Å². The number of esters is 3. The number of hydrogen-bond acceptors (Lipinski definition) is 6. The molecule has 0 rings (SSSR count). The molecule has 0 heterocycles. The molecule has 0 aromatic rings. The maximum atomic E-state index is 12.9. The molecule has 0 saturated heterocycles. The summed E-state index contributed by atoms with van der Waals surface area (Å²) in [5.41, 5.74) is 0. The third-order valence-corrected chi connectivity index (χ3v) is 12.6. The molecule has 6 heteroatoms. The molecule has 6 nitrogen and oxygen atoms in total. The topological polar surface area (TPSA) is 78.9 Å². The van der Waals surface area contributed by atoms with Crippen molar-refractivity contribution in [3.8, 4) is 0 Å². The molecule has 0 fully saturated rings. The van der Waals surface area contributed by atoms with E-state index in [1.165, 1.54) is 70.6 Å². The summed E-state index contributed by atoms with van der Waals surface area (Å²) >= 11 is 0. The average Bonchev–Trinajstić information content (AvgIpc) is 3.41. The van der Waals surface area contributed by atoms with E-state index in [9.17, 15) is 14.4 Å². The van der Waals surface area contributed by atoms with Gasteiger partial charge in [0.2, 0.25) is 0 Å². The van der Waals surface area contributed by atoms with Crippen LogP contribution in [0.2, 0.25) is 0 Å². The van der Waals surface area contributed by atoms with Gasteiger partial charge in [-0.3, -0.25) is 14.4 Å². The van der Waals surface area contributed by atoms with E-state index in [2.05, 4.69) is 154 Å². The second-order valence-corrected chi connectivity index (χ2v) is 19.8. The number of carbonyl (C=O) groups excluding carboxylic acids is 3. The average molecular weight is 1040 g/mol. The van der Waals surface area contributed by atoms with Crippen LogP contribution < -0.4 is 0 Å². The molecule has 0 saturated carbocycles. The van der Waals surface area contributed by atoms with Gasteiger partial charge in [-0.25, -0.2) is 0 Å². The Balaban J connectivity index is 4.49. The number of carbonyl (C=O) groups is 3. The third-order valence-electron chi connectivity index (χ3n) is 12.6. The Bertz CT molecular complexity index is 1620. The molecule has 0 amide bonds. The van der Waals surface area contributed by atoms with E-state index >= 15 is 0 Å². The van der Waals surface area contributed by atoms with Crippen LogP contribution in [0.15, 0.2) is 134 Å². The summed E-state index contributed by atoms with van der Waals surface area (Å²) in [6, 6.07) is 0. The van der Waals surface area contributed by atoms with Crippen LogP contribution in [0, 0.1) is 0 Å². The van der Waals surface area contributed by atoms with E-state index in [0.29, 0.717) is 19.3 Å². The third kappa shape index (κ3) is 60.3. The molecule has 0 N–H and O–H groups in total. The molecule has 0 spiro atoms. The first kappa shape index (κ1) is 70.5. The predicted octanol–water partition coefficient (Wildman–Crippen LogP) is 21.0. The Labute approximate surface area is 462 Å². The normalized spacial score (nSPS) is 13.1. The van der Waals surface area contributed by atoms with E-state index in [1.807, 2.05) is 0 Å². The number of rotatable bonds is 54. The summed E-state index contributed by atoms with van der Waals surface area (Å²) in [5.74, 6) is -0.947. The molecule has 0 aliphatic rings. The monoisotopic (exact) mass is 1040 g/mol. The van der Waals surface area contributed by atoms with Gasteiger partial charge >= 0.3 is 17.9 Å². The molecule has 424 valence electrons. The number of allylic oxidation sites excluding steroid dienone is 22. The van der Waals surface area contributed by atoms with Gasteiger partial charge in [-0.1, -0.05) is 244 Å². The highest BCUT2D eigenvalue weighted by Crippen LogP contribution is 2.14. The maximum Gasteiger partial charge on any atom is 0.306 e. The van der Waals surface area contributed by atoms with Crippen molar-refractivity contribution in [2.75, 3.05) is 13.2 Å². The van der Waals surface area contributed by atoms with Crippen LogP contribution in [-0.4, -0.2) is 37.2 Å². The Kier molecular flexibility index (Phi) is 58.4. The summed E-state index contributed by atoms with van der Waals surface area (Å²) in [4.78, 5) is 38.3. The summed E-state index contributed by atoms with van der Waals surface area (Å²) in [5, 5.41) is 0. The Hall–Kier alpha value is -4.45. The molecule has 0 aromatic heterocycles. The van der Waals surface area contributed by atoms with Crippen LogP contribution in [-0.2, 0) is 28.6 Å². The summed E-state index contributed by atoms with van der Waals surface area (Å²) in [6.07, 6.45) is 87.2. The molecule has 0 bridgehead atoms. The fourth-order valence-corrected chi connectivity index (χ4v) is 8.08. The number of ether oxygens (including phenoxy) is 3. The lowest BCUT2D eigenvalue weighted by Crippen LogP contribution is -2.30. The molecule has 1 atom stereocenters. The molecule has 0 aliphatic heterocycles. The minimum atomic E-state index is -0.805. The quantitative estimate of drug-likeness (QED) is 0.0261. The van der Waals surface area contributed by atoms with Crippen molar-refractivity contribution in [1.29, 1.82) is 0 Å². The van der Waals surface area contributed by atoms with Gasteiger partial charge in [0, 0.05) is 19.3 Å². The van der Waals surface area contributed by atoms with Gasteiger partial charge in [-0.2, -0.15) is 0 Å². The van der Waals surface area contributed by atoms with E-state index in [-0.39, 0.29) is 31.1 Å². The largest absolute Gasteiger partial charge is 0.462 e. The first-order chi connectivity index (χ1) is 37.0. The zero-order valence-electron chi connectivity index (χ0n) is 48.5. The molecular weight excluding hydrogens is 925 g/mol. The van der Waals surface area contributed by atoms with Gasteiger partial charge in [-0.15, -0.1) is 0 Å². The molecule has 0 radical (unpaired) electrons. The second kappa shape index (κ2) is 62.1. The van der Waals surface area contributed by atoms with Gasteiger partial charge in [-0.05, 0) is 135 Å². The fraction of sp³-hybridized carbons (Fsp3) is 0.638. The van der Waals surface area contributed by atoms with Gasteiger partial charge < -0.3 is 14.2 Å². The minimum Gasteiger partial charge on any atom is -0.462 e. The standard InChI is InChI=1S/C69H112O6/c1-4-7-10-13-16-19-22-25-28-31-33-34-36-38-41-44-47-50-53-56-59-62-68(71)74-65-66(64-73-67(70)61-58-55-52-49-46-43-40-37-30-27-24-21-18-15-12-9-6-3)75-69(72)63-60-57-54-51-48-45-42-39-35-32-29-26-23-20-17-14-11-8-5-2/h7,9-10,12,16-21,25-30,33-34,38,40-41,43,66H,4-6,8,11,13-15,22-24,31-32,35-37,39,42,44-65H2,1-3H3/b10-7-,12-9-,19-16-,20-17-,21-18-,28-25-,29-26-,30-27-,34-33-,41-38-,43-40-. The summed E-state index contributed by atoms with van der Waals surface area (Å²) < 4.78 is 16.9. The van der Waals surface area contributed by atoms with E-state index in [4.69, 9.17) is 14.2 Å². The minimum absolute atomic E-state index is 0.102. The van der Waals surface area contributed by atoms with Crippen LogP contribution in [0.25, 0.3) is 0 Å². The van der Waals surface area contributed by atoms with Gasteiger partial charge in [0.25, 0.3) is 0 Å². The van der Waals surface area contributed by atoms with Gasteiger partial charge in [0.05, 0.1) is 0 Å².